The first-order chi connectivity index (χ1) is 7.33. The Morgan fingerprint density at radius 2 is 2.12 bits per heavy atom. The number of amides is 1. The van der Waals surface area contributed by atoms with Crippen molar-refractivity contribution >= 4 is 27.5 Å². The van der Waals surface area contributed by atoms with Crippen LogP contribution in [0.5, 0.6) is 0 Å². The third-order valence-corrected chi connectivity index (χ3v) is 3.64. The van der Waals surface area contributed by atoms with Gasteiger partial charge in [-0.1, -0.05) is 17.7 Å². The second kappa shape index (κ2) is 4.82. The number of hydrogen-bond donors (Lipinski definition) is 2. The van der Waals surface area contributed by atoms with E-state index in [0.717, 1.165) is 0 Å². The van der Waals surface area contributed by atoms with Gasteiger partial charge in [-0.3, -0.25) is 4.79 Å². The third-order valence-electron chi connectivity index (χ3n) is 1.87. The minimum absolute atomic E-state index is 0.00639. The van der Waals surface area contributed by atoms with E-state index in [4.69, 9.17) is 17.3 Å². The van der Waals surface area contributed by atoms with Crippen LogP contribution in [0.2, 0.25) is 5.02 Å². The van der Waals surface area contributed by atoms with Gasteiger partial charge < -0.3 is 5.73 Å². The van der Waals surface area contributed by atoms with Crippen LogP contribution >= 0.6 is 11.6 Å². The van der Waals surface area contributed by atoms with E-state index in [0.29, 0.717) is 5.02 Å². The van der Waals surface area contributed by atoms with Crippen LogP contribution < -0.4 is 10.5 Å². The van der Waals surface area contributed by atoms with Crippen LogP contribution in [0.3, 0.4) is 0 Å². The van der Waals surface area contributed by atoms with Gasteiger partial charge in [-0.25, -0.2) is 8.42 Å². The lowest BCUT2D eigenvalue weighted by Crippen LogP contribution is -2.42. The molecule has 16 heavy (non-hydrogen) atoms. The highest BCUT2D eigenvalue weighted by atomic mass is 35.5. The summed E-state index contributed by atoms with van der Waals surface area (Å²) in [4.78, 5) is 10.7. The Hall–Kier alpha value is -1.11. The number of halogens is 1. The van der Waals surface area contributed by atoms with Gasteiger partial charge in [0.25, 0.3) is 0 Å². The lowest BCUT2D eigenvalue weighted by Gasteiger charge is -2.10. The average molecular weight is 263 g/mol. The maximum atomic E-state index is 11.7. The van der Waals surface area contributed by atoms with E-state index in [2.05, 4.69) is 4.72 Å². The minimum Gasteiger partial charge on any atom is -0.368 e. The molecule has 0 aliphatic rings. The van der Waals surface area contributed by atoms with Crippen molar-refractivity contribution in [1.82, 2.24) is 4.72 Å². The number of nitrogens with one attached hydrogen (secondary N) is 1. The lowest BCUT2D eigenvalue weighted by molar-refractivity contribution is -0.119. The third kappa shape index (κ3) is 3.19. The van der Waals surface area contributed by atoms with E-state index >= 15 is 0 Å². The number of hydrogen-bond acceptors (Lipinski definition) is 3. The van der Waals surface area contributed by atoms with Gasteiger partial charge in [-0.2, -0.15) is 4.72 Å². The molecule has 1 unspecified atom stereocenters. The van der Waals surface area contributed by atoms with Crippen molar-refractivity contribution in [2.75, 3.05) is 0 Å². The molecule has 0 aromatic heterocycles. The zero-order valence-corrected chi connectivity index (χ0v) is 10.0. The topological polar surface area (TPSA) is 89.3 Å². The highest BCUT2D eigenvalue weighted by Crippen LogP contribution is 2.15. The molecule has 88 valence electrons. The number of carbonyl (C=O) groups excluding carboxylic acids is 1. The Balaban J connectivity index is 2.99. The smallest absolute Gasteiger partial charge is 0.241 e. The molecular weight excluding hydrogens is 252 g/mol. The van der Waals surface area contributed by atoms with E-state index in [1.807, 2.05) is 0 Å². The molecular formula is C9H11ClN2O3S. The Morgan fingerprint density at radius 1 is 1.50 bits per heavy atom. The van der Waals surface area contributed by atoms with Gasteiger partial charge in [0.2, 0.25) is 15.9 Å². The minimum atomic E-state index is -3.76. The molecule has 1 aromatic rings. The number of carbonyl (C=O) groups is 1. The monoisotopic (exact) mass is 262 g/mol. The maximum absolute atomic E-state index is 11.7. The second-order valence-electron chi connectivity index (χ2n) is 3.20. The zero-order valence-electron chi connectivity index (χ0n) is 8.48. The average Bonchev–Trinajstić information content (AvgIpc) is 2.17. The van der Waals surface area contributed by atoms with Crippen LogP contribution in [-0.4, -0.2) is 20.4 Å². The van der Waals surface area contributed by atoms with Gasteiger partial charge in [-0.15, -0.1) is 0 Å². The first kappa shape index (κ1) is 13.0. The fraction of sp³-hybridized carbons (Fsp3) is 0.222. The van der Waals surface area contributed by atoms with Gasteiger partial charge in [0, 0.05) is 5.02 Å². The van der Waals surface area contributed by atoms with Gasteiger partial charge in [0.05, 0.1) is 10.9 Å². The molecule has 1 atom stereocenters. The number of primary amides is 1. The van der Waals surface area contributed by atoms with Gasteiger partial charge in [0.15, 0.2) is 0 Å². The van der Waals surface area contributed by atoms with Crippen LogP contribution in [0.1, 0.15) is 6.92 Å². The Morgan fingerprint density at radius 3 is 2.62 bits per heavy atom. The van der Waals surface area contributed by atoms with Gasteiger partial charge >= 0.3 is 0 Å². The highest BCUT2D eigenvalue weighted by Gasteiger charge is 2.20. The summed E-state index contributed by atoms with van der Waals surface area (Å²) in [6.45, 7) is 1.37. The van der Waals surface area contributed by atoms with E-state index in [9.17, 15) is 13.2 Å². The number of benzene rings is 1. The molecule has 1 aromatic carbocycles. The Bertz CT molecular complexity index is 501. The van der Waals surface area contributed by atoms with Crippen LogP contribution in [0.15, 0.2) is 29.2 Å². The number of rotatable bonds is 4. The molecule has 3 N–H and O–H groups in total. The molecule has 0 fully saturated rings. The van der Waals surface area contributed by atoms with Crippen LogP contribution in [0.4, 0.5) is 0 Å². The second-order valence-corrected chi connectivity index (χ2v) is 5.35. The highest BCUT2D eigenvalue weighted by molar-refractivity contribution is 7.89. The predicted octanol–water partition coefficient (Wildman–Crippen LogP) is 0.492. The van der Waals surface area contributed by atoms with Crippen LogP contribution in [0, 0.1) is 0 Å². The molecule has 5 nitrogen and oxygen atoms in total. The molecule has 0 radical (unpaired) electrons. The number of sulfonamides is 1. The van der Waals surface area contributed by atoms with Crippen molar-refractivity contribution in [1.29, 1.82) is 0 Å². The first-order valence-electron chi connectivity index (χ1n) is 4.40. The van der Waals surface area contributed by atoms with E-state index in [-0.39, 0.29) is 4.90 Å². The van der Waals surface area contributed by atoms with E-state index < -0.39 is 22.0 Å². The summed E-state index contributed by atoms with van der Waals surface area (Å²) in [6, 6.07) is 4.76. The van der Waals surface area contributed by atoms with E-state index in [1.165, 1.54) is 25.1 Å². The molecule has 1 rings (SSSR count). The Labute approximate surface area is 98.6 Å². The van der Waals surface area contributed by atoms with Gasteiger partial charge in [-0.05, 0) is 25.1 Å². The number of nitrogens with two attached hydrogens (primary N) is 1. The normalized spacial score (nSPS) is 13.4. The van der Waals surface area contributed by atoms with Crippen molar-refractivity contribution in [3.63, 3.8) is 0 Å². The van der Waals surface area contributed by atoms with Crippen molar-refractivity contribution in [3.05, 3.63) is 29.3 Å². The lowest BCUT2D eigenvalue weighted by atomic mass is 10.4. The fourth-order valence-corrected chi connectivity index (χ4v) is 2.51. The summed E-state index contributed by atoms with van der Waals surface area (Å²) in [5.41, 5.74) is 4.96. The molecule has 0 saturated heterocycles. The van der Waals surface area contributed by atoms with Crippen molar-refractivity contribution in [2.45, 2.75) is 17.9 Å². The van der Waals surface area contributed by atoms with E-state index in [1.54, 1.807) is 6.07 Å². The summed E-state index contributed by atoms with van der Waals surface area (Å²) >= 11 is 5.67. The first-order valence-corrected chi connectivity index (χ1v) is 6.26. The molecule has 1 amide bonds. The zero-order chi connectivity index (χ0) is 12.3. The summed E-state index contributed by atoms with van der Waals surface area (Å²) < 4.78 is 25.6. The molecule has 0 spiro atoms. The molecule has 0 aliphatic heterocycles. The molecule has 0 saturated carbocycles. The van der Waals surface area contributed by atoms with Crippen molar-refractivity contribution < 1.29 is 13.2 Å². The predicted molar refractivity (Wildman–Crippen MR) is 60.4 cm³/mol. The summed E-state index contributed by atoms with van der Waals surface area (Å²) in [6.07, 6.45) is 0. The summed E-state index contributed by atoms with van der Waals surface area (Å²) in [5, 5.41) is 0.301. The largest absolute Gasteiger partial charge is 0.368 e. The standard InChI is InChI=1S/C9H11ClN2O3S/c1-6(9(11)13)12-16(14,15)8-4-2-3-7(10)5-8/h2-6,12H,1H3,(H2,11,13). The molecule has 0 bridgehead atoms. The quantitative estimate of drug-likeness (QED) is 0.828. The maximum Gasteiger partial charge on any atom is 0.241 e. The van der Waals surface area contributed by atoms with Gasteiger partial charge in [0.1, 0.15) is 0 Å². The van der Waals surface area contributed by atoms with Crippen LogP contribution in [0.25, 0.3) is 0 Å². The Kier molecular flexibility index (Phi) is 3.90. The summed E-state index contributed by atoms with van der Waals surface area (Å²) in [7, 11) is -3.76. The molecule has 0 heterocycles. The summed E-state index contributed by atoms with van der Waals surface area (Å²) in [5.74, 6) is -0.745. The SMILES string of the molecule is CC(NS(=O)(=O)c1cccc(Cl)c1)C(N)=O. The molecule has 0 aliphatic carbocycles. The van der Waals surface area contributed by atoms with Crippen molar-refractivity contribution in [2.24, 2.45) is 5.73 Å². The molecule has 7 heteroatoms. The fourth-order valence-electron chi connectivity index (χ4n) is 0.993. The van der Waals surface area contributed by atoms with Crippen molar-refractivity contribution in [3.8, 4) is 0 Å². The van der Waals surface area contributed by atoms with Crippen LogP contribution in [-0.2, 0) is 14.8 Å².